The predicted molar refractivity (Wildman–Crippen MR) is 68.9 cm³/mol. The SMILES string of the molecule is [O]c1ccc2c(-c3ccc(O)cc3F)noc2c1Br. The molecule has 0 saturated carbocycles. The number of phenols is 1. The summed E-state index contributed by atoms with van der Waals surface area (Å²) >= 11 is 3.12. The Morgan fingerprint density at radius 2 is 2.05 bits per heavy atom. The van der Waals surface area contributed by atoms with Crippen LogP contribution in [0.4, 0.5) is 4.39 Å². The van der Waals surface area contributed by atoms with E-state index in [-0.39, 0.29) is 32.8 Å². The Kier molecular flexibility index (Phi) is 2.67. The monoisotopic (exact) mass is 322 g/mol. The van der Waals surface area contributed by atoms with Crippen molar-refractivity contribution in [3.63, 3.8) is 0 Å². The summed E-state index contributed by atoms with van der Waals surface area (Å²) in [4.78, 5) is 0. The fourth-order valence-corrected chi connectivity index (χ4v) is 2.26. The summed E-state index contributed by atoms with van der Waals surface area (Å²) in [5, 5.41) is 25.0. The van der Waals surface area contributed by atoms with Crippen LogP contribution in [-0.2, 0) is 5.11 Å². The third kappa shape index (κ3) is 1.84. The minimum Gasteiger partial charge on any atom is -0.508 e. The van der Waals surface area contributed by atoms with Crippen LogP contribution in [0.5, 0.6) is 11.5 Å². The molecule has 0 spiro atoms. The number of phenolic OH excluding ortho intramolecular Hbond substituents is 1. The molecule has 0 saturated heterocycles. The second-order valence-corrected chi connectivity index (χ2v) is 4.74. The molecule has 0 fully saturated rings. The van der Waals surface area contributed by atoms with Gasteiger partial charge < -0.3 is 9.63 Å². The molecule has 0 amide bonds. The van der Waals surface area contributed by atoms with Crippen molar-refractivity contribution in [1.82, 2.24) is 5.16 Å². The summed E-state index contributed by atoms with van der Waals surface area (Å²) in [5.41, 5.74) is 0.755. The highest BCUT2D eigenvalue weighted by atomic mass is 79.9. The van der Waals surface area contributed by atoms with Crippen molar-refractivity contribution in [2.75, 3.05) is 0 Å². The van der Waals surface area contributed by atoms with E-state index in [2.05, 4.69) is 21.1 Å². The average Bonchev–Trinajstić information content (AvgIpc) is 2.78. The van der Waals surface area contributed by atoms with Gasteiger partial charge in [0, 0.05) is 11.6 Å². The molecule has 1 aromatic heterocycles. The Morgan fingerprint density at radius 1 is 1.26 bits per heavy atom. The first-order chi connectivity index (χ1) is 9.08. The standard InChI is InChI=1S/C13H6BrFNO3/c14-11-10(18)4-3-8-12(16-19-13(8)11)7-2-1-6(17)5-9(7)15/h1-5,17H. The summed E-state index contributed by atoms with van der Waals surface area (Å²) in [6, 6.07) is 6.63. The van der Waals surface area contributed by atoms with E-state index in [1.165, 1.54) is 24.3 Å². The number of hydrogen-bond donors (Lipinski definition) is 1. The lowest BCUT2D eigenvalue weighted by atomic mass is 10.1. The predicted octanol–water partition coefficient (Wildman–Crippen LogP) is 4.25. The fraction of sp³-hybridized carbons (Fsp3) is 0. The van der Waals surface area contributed by atoms with Gasteiger partial charge >= 0.3 is 0 Å². The van der Waals surface area contributed by atoms with Gasteiger partial charge in [-0.05, 0) is 40.2 Å². The van der Waals surface area contributed by atoms with Crippen molar-refractivity contribution in [1.29, 1.82) is 0 Å². The van der Waals surface area contributed by atoms with E-state index in [0.29, 0.717) is 5.39 Å². The Hall–Kier alpha value is -2.08. The lowest BCUT2D eigenvalue weighted by Gasteiger charge is -2.00. The summed E-state index contributed by atoms with van der Waals surface area (Å²) in [5.74, 6) is -1.02. The van der Waals surface area contributed by atoms with Gasteiger partial charge in [-0.25, -0.2) is 4.39 Å². The zero-order chi connectivity index (χ0) is 13.6. The van der Waals surface area contributed by atoms with E-state index in [9.17, 15) is 14.6 Å². The van der Waals surface area contributed by atoms with Crippen molar-refractivity contribution >= 4 is 26.9 Å². The normalized spacial score (nSPS) is 11.1. The molecule has 95 valence electrons. The smallest absolute Gasteiger partial charge is 0.196 e. The van der Waals surface area contributed by atoms with Gasteiger partial charge in [0.1, 0.15) is 21.7 Å². The number of aromatic hydroxyl groups is 1. The van der Waals surface area contributed by atoms with Crippen molar-refractivity contribution in [3.05, 3.63) is 40.6 Å². The van der Waals surface area contributed by atoms with E-state index in [4.69, 9.17) is 4.52 Å². The third-order valence-corrected chi connectivity index (χ3v) is 3.50. The summed E-state index contributed by atoms with van der Waals surface area (Å²) < 4.78 is 19.1. The maximum Gasteiger partial charge on any atom is 0.196 e. The van der Waals surface area contributed by atoms with E-state index < -0.39 is 5.82 Å². The highest BCUT2D eigenvalue weighted by Crippen LogP contribution is 2.38. The van der Waals surface area contributed by atoms with Gasteiger partial charge in [0.2, 0.25) is 0 Å². The molecular weight excluding hydrogens is 317 g/mol. The largest absolute Gasteiger partial charge is 0.508 e. The molecule has 1 radical (unpaired) electrons. The molecule has 1 heterocycles. The Bertz CT molecular complexity index is 785. The van der Waals surface area contributed by atoms with E-state index in [1.807, 2.05) is 0 Å². The van der Waals surface area contributed by atoms with Gasteiger partial charge in [-0.2, -0.15) is 0 Å². The summed E-state index contributed by atoms with van der Waals surface area (Å²) in [7, 11) is 0. The molecule has 0 atom stereocenters. The van der Waals surface area contributed by atoms with Gasteiger partial charge in [-0.3, -0.25) is 5.11 Å². The Balaban J connectivity index is 2.29. The molecule has 3 rings (SSSR count). The maximum absolute atomic E-state index is 13.8. The minimum absolute atomic E-state index is 0.169. The zero-order valence-corrected chi connectivity index (χ0v) is 10.9. The molecule has 4 nitrogen and oxygen atoms in total. The number of nitrogens with zero attached hydrogens (tertiary/aromatic N) is 1. The van der Waals surface area contributed by atoms with Gasteiger partial charge in [0.15, 0.2) is 11.3 Å². The number of rotatable bonds is 1. The van der Waals surface area contributed by atoms with Crippen LogP contribution in [0.25, 0.3) is 22.2 Å². The second kappa shape index (κ2) is 4.24. The summed E-state index contributed by atoms with van der Waals surface area (Å²) in [6.45, 7) is 0. The molecule has 0 aliphatic heterocycles. The van der Waals surface area contributed by atoms with Crippen LogP contribution in [0.15, 0.2) is 39.3 Å². The van der Waals surface area contributed by atoms with Crippen LogP contribution in [0.2, 0.25) is 0 Å². The first-order valence-electron chi connectivity index (χ1n) is 5.31. The topological polar surface area (TPSA) is 66.2 Å². The second-order valence-electron chi connectivity index (χ2n) is 3.95. The Labute approximate surface area is 115 Å². The zero-order valence-electron chi connectivity index (χ0n) is 9.35. The van der Waals surface area contributed by atoms with Crippen LogP contribution in [-0.4, -0.2) is 10.3 Å². The molecule has 19 heavy (non-hydrogen) atoms. The number of benzene rings is 2. The summed E-state index contributed by atoms with van der Waals surface area (Å²) in [6.07, 6.45) is 0. The molecule has 3 aromatic rings. The fourth-order valence-electron chi connectivity index (χ4n) is 1.84. The molecule has 0 bridgehead atoms. The van der Waals surface area contributed by atoms with Crippen LogP contribution in [0.3, 0.4) is 0 Å². The molecule has 2 aromatic carbocycles. The third-order valence-electron chi connectivity index (χ3n) is 2.75. The lowest BCUT2D eigenvalue weighted by Crippen LogP contribution is -1.84. The molecule has 0 aliphatic carbocycles. The van der Waals surface area contributed by atoms with Crippen molar-refractivity contribution in [2.45, 2.75) is 0 Å². The van der Waals surface area contributed by atoms with E-state index >= 15 is 0 Å². The first kappa shape index (κ1) is 12.0. The molecule has 6 heteroatoms. The van der Waals surface area contributed by atoms with E-state index in [0.717, 1.165) is 6.07 Å². The highest BCUT2D eigenvalue weighted by molar-refractivity contribution is 9.10. The molecule has 0 aliphatic rings. The van der Waals surface area contributed by atoms with Crippen LogP contribution < -0.4 is 0 Å². The molecular formula is C13H6BrFNO3. The van der Waals surface area contributed by atoms with Gasteiger partial charge in [0.05, 0.1) is 5.39 Å². The van der Waals surface area contributed by atoms with Crippen molar-refractivity contribution in [2.24, 2.45) is 0 Å². The van der Waals surface area contributed by atoms with Crippen LogP contribution in [0.1, 0.15) is 0 Å². The van der Waals surface area contributed by atoms with Gasteiger partial charge in [-0.15, -0.1) is 0 Å². The maximum atomic E-state index is 13.8. The van der Waals surface area contributed by atoms with Gasteiger partial charge in [0.25, 0.3) is 0 Å². The van der Waals surface area contributed by atoms with E-state index in [1.54, 1.807) is 0 Å². The quantitative estimate of drug-likeness (QED) is 0.728. The number of aromatic nitrogens is 1. The van der Waals surface area contributed by atoms with Crippen LogP contribution in [0, 0.1) is 5.82 Å². The van der Waals surface area contributed by atoms with Gasteiger partial charge in [-0.1, -0.05) is 5.16 Å². The lowest BCUT2D eigenvalue weighted by molar-refractivity contribution is 0.351. The Morgan fingerprint density at radius 3 is 2.79 bits per heavy atom. The first-order valence-corrected chi connectivity index (χ1v) is 6.11. The highest BCUT2D eigenvalue weighted by Gasteiger charge is 2.18. The van der Waals surface area contributed by atoms with Crippen LogP contribution >= 0.6 is 15.9 Å². The molecule has 1 N–H and O–H groups in total. The average molecular weight is 323 g/mol. The van der Waals surface area contributed by atoms with Crippen molar-refractivity contribution < 1.29 is 19.1 Å². The number of fused-ring (bicyclic) bond motifs is 1. The minimum atomic E-state index is -0.613. The number of hydrogen-bond acceptors (Lipinski definition) is 3. The molecule has 0 unspecified atom stereocenters. The van der Waals surface area contributed by atoms with Crippen molar-refractivity contribution in [3.8, 4) is 22.8 Å². The number of halogens is 2.